The lowest BCUT2D eigenvalue weighted by Gasteiger charge is -2.02. The predicted molar refractivity (Wildman–Crippen MR) is 81.9 cm³/mol. The van der Waals surface area contributed by atoms with Gasteiger partial charge in [-0.2, -0.15) is 0 Å². The zero-order chi connectivity index (χ0) is 15.1. The smallest absolute Gasteiger partial charge is 0.308 e. The van der Waals surface area contributed by atoms with E-state index in [0.29, 0.717) is 5.75 Å². The SMILES string of the molecule is CC(=O)Oc1ccc(/C=C/C(=O)Nc2ccccc2)cc1. The first kappa shape index (κ1) is 14.5. The lowest BCUT2D eigenvalue weighted by Crippen LogP contribution is -2.07. The van der Waals surface area contributed by atoms with Crippen LogP contribution in [0.4, 0.5) is 5.69 Å². The molecular formula is C17H15NO3. The molecule has 0 saturated heterocycles. The highest BCUT2D eigenvalue weighted by atomic mass is 16.5. The molecule has 0 aliphatic carbocycles. The van der Waals surface area contributed by atoms with Crippen molar-refractivity contribution < 1.29 is 14.3 Å². The Morgan fingerprint density at radius 3 is 2.29 bits per heavy atom. The lowest BCUT2D eigenvalue weighted by molar-refractivity contribution is -0.131. The fourth-order valence-electron chi connectivity index (χ4n) is 1.69. The molecule has 0 bridgehead atoms. The second-order valence-electron chi connectivity index (χ2n) is 4.35. The van der Waals surface area contributed by atoms with Crippen molar-refractivity contribution in [1.29, 1.82) is 0 Å². The molecule has 106 valence electrons. The third kappa shape index (κ3) is 4.95. The summed E-state index contributed by atoms with van der Waals surface area (Å²) in [5.74, 6) is -0.0841. The van der Waals surface area contributed by atoms with Crippen molar-refractivity contribution in [1.82, 2.24) is 0 Å². The molecule has 4 nitrogen and oxygen atoms in total. The summed E-state index contributed by atoms with van der Waals surface area (Å²) in [6.45, 7) is 1.35. The number of benzene rings is 2. The fraction of sp³-hybridized carbons (Fsp3) is 0.0588. The van der Waals surface area contributed by atoms with Crippen molar-refractivity contribution >= 4 is 23.6 Å². The highest BCUT2D eigenvalue weighted by molar-refractivity contribution is 6.01. The van der Waals surface area contributed by atoms with E-state index in [9.17, 15) is 9.59 Å². The maximum Gasteiger partial charge on any atom is 0.308 e. The highest BCUT2D eigenvalue weighted by Gasteiger charge is 1.98. The van der Waals surface area contributed by atoms with E-state index in [0.717, 1.165) is 11.3 Å². The lowest BCUT2D eigenvalue weighted by atomic mass is 10.2. The maximum absolute atomic E-state index is 11.7. The molecule has 0 saturated carbocycles. The number of anilines is 1. The largest absolute Gasteiger partial charge is 0.427 e. The Balaban J connectivity index is 1.94. The molecule has 0 aromatic heterocycles. The van der Waals surface area contributed by atoms with Crippen LogP contribution in [0.5, 0.6) is 5.75 Å². The van der Waals surface area contributed by atoms with Gasteiger partial charge in [-0.15, -0.1) is 0 Å². The van der Waals surface area contributed by atoms with Gasteiger partial charge in [0, 0.05) is 18.7 Å². The molecule has 21 heavy (non-hydrogen) atoms. The molecule has 2 aromatic rings. The Hall–Kier alpha value is -2.88. The number of esters is 1. The third-order valence-corrected chi connectivity index (χ3v) is 2.61. The Kier molecular flexibility index (Phi) is 4.88. The van der Waals surface area contributed by atoms with Gasteiger partial charge in [-0.1, -0.05) is 30.3 Å². The molecule has 0 fully saturated rings. The van der Waals surface area contributed by atoms with Gasteiger partial charge >= 0.3 is 5.97 Å². The van der Waals surface area contributed by atoms with Crippen LogP contribution in [0, 0.1) is 0 Å². The monoisotopic (exact) mass is 281 g/mol. The zero-order valence-electron chi connectivity index (χ0n) is 11.6. The number of rotatable bonds is 4. The highest BCUT2D eigenvalue weighted by Crippen LogP contribution is 2.13. The van der Waals surface area contributed by atoms with Crippen LogP contribution in [0.3, 0.4) is 0 Å². The van der Waals surface area contributed by atoms with E-state index in [1.807, 2.05) is 30.3 Å². The summed E-state index contributed by atoms with van der Waals surface area (Å²) < 4.78 is 4.93. The van der Waals surface area contributed by atoms with Crippen molar-refractivity contribution in [2.75, 3.05) is 5.32 Å². The standard InChI is InChI=1S/C17H15NO3/c1-13(19)21-16-10-7-14(8-11-16)9-12-17(20)18-15-5-3-2-4-6-15/h2-12H,1H3,(H,18,20)/b12-9+. The molecule has 0 unspecified atom stereocenters. The molecule has 0 atom stereocenters. The van der Waals surface area contributed by atoms with Crippen LogP contribution in [0.25, 0.3) is 6.08 Å². The summed E-state index contributed by atoms with van der Waals surface area (Å²) in [6.07, 6.45) is 3.14. The molecule has 0 spiro atoms. The molecule has 1 N–H and O–H groups in total. The number of ether oxygens (including phenoxy) is 1. The summed E-state index contributed by atoms with van der Waals surface area (Å²) in [6, 6.07) is 16.1. The van der Waals surface area contributed by atoms with Crippen LogP contribution < -0.4 is 10.1 Å². The van der Waals surface area contributed by atoms with Gasteiger partial charge in [0.2, 0.25) is 5.91 Å². The third-order valence-electron chi connectivity index (χ3n) is 2.61. The molecule has 2 aromatic carbocycles. The zero-order valence-corrected chi connectivity index (χ0v) is 11.6. The minimum atomic E-state index is -0.361. The van der Waals surface area contributed by atoms with Crippen molar-refractivity contribution in [3.05, 3.63) is 66.2 Å². The summed E-state index contributed by atoms with van der Waals surface area (Å²) in [5.41, 5.74) is 1.59. The molecule has 4 heteroatoms. The first-order chi connectivity index (χ1) is 10.1. The van der Waals surface area contributed by atoms with Crippen LogP contribution in [0.1, 0.15) is 12.5 Å². The minimum absolute atomic E-state index is 0.203. The van der Waals surface area contributed by atoms with E-state index in [1.54, 1.807) is 30.3 Å². The van der Waals surface area contributed by atoms with Gasteiger partial charge in [0.1, 0.15) is 5.75 Å². The van der Waals surface area contributed by atoms with Gasteiger partial charge in [0.25, 0.3) is 0 Å². The molecule has 0 aliphatic heterocycles. The van der Waals surface area contributed by atoms with Crippen LogP contribution in [-0.4, -0.2) is 11.9 Å². The summed E-state index contributed by atoms with van der Waals surface area (Å²) >= 11 is 0. The Morgan fingerprint density at radius 2 is 1.67 bits per heavy atom. The second-order valence-corrected chi connectivity index (χ2v) is 4.35. The molecule has 0 heterocycles. The fourth-order valence-corrected chi connectivity index (χ4v) is 1.69. The normalized spacial score (nSPS) is 10.3. The van der Waals surface area contributed by atoms with Gasteiger partial charge in [0.05, 0.1) is 0 Å². The second kappa shape index (κ2) is 7.05. The van der Waals surface area contributed by atoms with Crippen molar-refractivity contribution in [3.63, 3.8) is 0 Å². The van der Waals surface area contributed by atoms with Crippen molar-refractivity contribution in [2.45, 2.75) is 6.92 Å². The Bertz CT molecular complexity index is 645. The molecule has 0 radical (unpaired) electrons. The van der Waals surface area contributed by atoms with Crippen molar-refractivity contribution in [2.24, 2.45) is 0 Å². The quantitative estimate of drug-likeness (QED) is 0.531. The van der Waals surface area contributed by atoms with E-state index >= 15 is 0 Å². The van der Waals surface area contributed by atoms with E-state index in [4.69, 9.17) is 4.74 Å². The summed E-state index contributed by atoms with van der Waals surface area (Å²) in [5, 5.41) is 2.75. The molecule has 2 rings (SSSR count). The van der Waals surface area contributed by atoms with E-state index < -0.39 is 0 Å². The van der Waals surface area contributed by atoms with E-state index in [-0.39, 0.29) is 11.9 Å². The first-order valence-corrected chi connectivity index (χ1v) is 6.46. The van der Waals surface area contributed by atoms with Gasteiger partial charge in [-0.25, -0.2) is 0 Å². The number of hydrogen-bond acceptors (Lipinski definition) is 3. The summed E-state index contributed by atoms with van der Waals surface area (Å²) in [4.78, 5) is 22.5. The average Bonchev–Trinajstić information content (AvgIpc) is 2.47. The van der Waals surface area contributed by atoms with Gasteiger partial charge in [-0.05, 0) is 35.9 Å². The summed E-state index contributed by atoms with van der Waals surface area (Å²) in [7, 11) is 0. The van der Waals surface area contributed by atoms with Crippen molar-refractivity contribution in [3.8, 4) is 5.75 Å². The number of carbonyl (C=O) groups is 2. The minimum Gasteiger partial charge on any atom is -0.427 e. The van der Waals surface area contributed by atoms with E-state index in [1.165, 1.54) is 13.0 Å². The molecule has 0 aliphatic rings. The first-order valence-electron chi connectivity index (χ1n) is 6.46. The van der Waals surface area contributed by atoms with Crippen LogP contribution in [-0.2, 0) is 9.59 Å². The number of carbonyl (C=O) groups excluding carboxylic acids is 2. The average molecular weight is 281 g/mol. The van der Waals surface area contributed by atoms with Gasteiger partial charge < -0.3 is 10.1 Å². The molecular weight excluding hydrogens is 266 g/mol. The number of amides is 1. The predicted octanol–water partition coefficient (Wildman–Crippen LogP) is 3.26. The van der Waals surface area contributed by atoms with Crippen LogP contribution in [0.15, 0.2) is 60.7 Å². The maximum atomic E-state index is 11.7. The van der Waals surface area contributed by atoms with E-state index in [2.05, 4.69) is 5.32 Å². The Morgan fingerprint density at radius 1 is 1.00 bits per heavy atom. The van der Waals surface area contributed by atoms with Gasteiger partial charge in [-0.3, -0.25) is 9.59 Å². The van der Waals surface area contributed by atoms with Crippen LogP contribution in [0.2, 0.25) is 0 Å². The van der Waals surface area contributed by atoms with Crippen LogP contribution >= 0.6 is 0 Å². The Labute approximate surface area is 123 Å². The number of nitrogens with one attached hydrogen (secondary N) is 1. The van der Waals surface area contributed by atoms with Gasteiger partial charge in [0.15, 0.2) is 0 Å². The number of para-hydroxylation sites is 1. The topological polar surface area (TPSA) is 55.4 Å². The number of hydrogen-bond donors (Lipinski definition) is 1. The molecule has 1 amide bonds.